The topological polar surface area (TPSA) is 64.4 Å². The quantitative estimate of drug-likeness (QED) is 0.785. The lowest BCUT2D eigenvalue weighted by Crippen LogP contribution is -2.42. The smallest absolute Gasteiger partial charge is 0.230 e. The van der Waals surface area contributed by atoms with Crippen LogP contribution in [-0.2, 0) is 16.0 Å². The van der Waals surface area contributed by atoms with E-state index < -0.39 is 5.92 Å². The maximum absolute atomic E-state index is 12.3. The molecule has 5 heteroatoms. The summed E-state index contributed by atoms with van der Waals surface area (Å²) in [7, 11) is 0. The van der Waals surface area contributed by atoms with Crippen molar-refractivity contribution in [2.24, 2.45) is 17.6 Å². The van der Waals surface area contributed by atoms with Crippen LogP contribution in [-0.4, -0.2) is 30.7 Å². The van der Waals surface area contributed by atoms with E-state index in [1.54, 1.807) is 0 Å². The molecule has 1 aliphatic rings. The number of carbonyl (C=O) groups is 1. The Kier molecular flexibility index (Phi) is 6.14. The van der Waals surface area contributed by atoms with Crippen LogP contribution in [0.3, 0.4) is 0 Å². The van der Waals surface area contributed by atoms with Crippen LogP contribution >= 0.6 is 12.2 Å². The first-order valence-electron chi connectivity index (χ1n) is 7.35. The van der Waals surface area contributed by atoms with Crippen molar-refractivity contribution in [3.8, 4) is 0 Å². The molecule has 0 aliphatic carbocycles. The Labute approximate surface area is 131 Å². The summed E-state index contributed by atoms with van der Waals surface area (Å²) in [5, 5.41) is 2.97. The molecule has 0 saturated carbocycles. The molecule has 0 radical (unpaired) electrons. The van der Waals surface area contributed by atoms with Gasteiger partial charge in [0.05, 0.1) is 17.5 Å². The number of nitrogens with two attached hydrogens (primary N) is 1. The number of hydrogen-bond donors (Lipinski definition) is 2. The fourth-order valence-electron chi connectivity index (χ4n) is 2.51. The second-order valence-corrected chi connectivity index (χ2v) is 5.94. The molecule has 1 aliphatic heterocycles. The third-order valence-corrected chi connectivity index (χ3v) is 4.05. The number of benzene rings is 1. The van der Waals surface area contributed by atoms with E-state index in [2.05, 4.69) is 5.32 Å². The Morgan fingerprint density at radius 2 is 2.19 bits per heavy atom. The molecule has 2 unspecified atom stereocenters. The molecule has 114 valence electrons. The molecule has 2 rings (SSSR count). The van der Waals surface area contributed by atoms with E-state index in [0.717, 1.165) is 31.6 Å². The minimum absolute atomic E-state index is 0.0862. The van der Waals surface area contributed by atoms with Crippen LogP contribution in [0.25, 0.3) is 0 Å². The molecule has 2 atom stereocenters. The summed E-state index contributed by atoms with van der Waals surface area (Å²) in [6.07, 6.45) is 2.70. The van der Waals surface area contributed by atoms with E-state index >= 15 is 0 Å². The van der Waals surface area contributed by atoms with Crippen molar-refractivity contribution in [2.45, 2.75) is 19.3 Å². The SMILES string of the molecule is NC(=S)C(Cc1ccccc1)C(=O)NCC1CCCOC1. The molecule has 1 saturated heterocycles. The van der Waals surface area contributed by atoms with E-state index in [1.165, 1.54) is 0 Å². The van der Waals surface area contributed by atoms with Gasteiger partial charge in [-0.2, -0.15) is 0 Å². The lowest BCUT2D eigenvalue weighted by Gasteiger charge is -2.23. The third kappa shape index (κ3) is 5.10. The standard InChI is InChI=1S/C16H22N2O2S/c17-15(21)14(9-12-5-2-1-3-6-12)16(19)18-10-13-7-4-8-20-11-13/h1-3,5-6,13-14H,4,7-11H2,(H2,17,21)(H,18,19). The largest absolute Gasteiger partial charge is 0.393 e. The fraction of sp³-hybridized carbons (Fsp3) is 0.500. The number of nitrogens with one attached hydrogen (secondary N) is 1. The molecular formula is C16H22N2O2S. The highest BCUT2D eigenvalue weighted by Gasteiger charge is 2.23. The van der Waals surface area contributed by atoms with Crippen molar-refractivity contribution in [1.29, 1.82) is 0 Å². The van der Waals surface area contributed by atoms with Gasteiger partial charge in [-0.3, -0.25) is 4.79 Å². The Hall–Kier alpha value is -1.46. The van der Waals surface area contributed by atoms with Crippen LogP contribution in [0.4, 0.5) is 0 Å². The maximum atomic E-state index is 12.3. The van der Waals surface area contributed by atoms with Gasteiger partial charge in [0.25, 0.3) is 0 Å². The number of ether oxygens (including phenoxy) is 1. The molecular weight excluding hydrogens is 284 g/mol. The molecule has 21 heavy (non-hydrogen) atoms. The van der Waals surface area contributed by atoms with E-state index in [0.29, 0.717) is 18.9 Å². The lowest BCUT2D eigenvalue weighted by atomic mass is 9.97. The van der Waals surface area contributed by atoms with Gasteiger partial charge in [0.15, 0.2) is 0 Å². The Morgan fingerprint density at radius 3 is 2.81 bits per heavy atom. The van der Waals surface area contributed by atoms with Crippen LogP contribution < -0.4 is 11.1 Å². The van der Waals surface area contributed by atoms with Gasteiger partial charge in [0.1, 0.15) is 0 Å². The molecule has 1 aromatic carbocycles. The second-order valence-electron chi connectivity index (χ2n) is 5.47. The molecule has 1 amide bonds. The molecule has 1 aromatic rings. The van der Waals surface area contributed by atoms with Crippen molar-refractivity contribution < 1.29 is 9.53 Å². The van der Waals surface area contributed by atoms with E-state index in [4.69, 9.17) is 22.7 Å². The summed E-state index contributed by atoms with van der Waals surface area (Å²) in [5.74, 6) is -0.143. The Bertz CT molecular complexity index is 472. The van der Waals surface area contributed by atoms with Crippen molar-refractivity contribution in [3.63, 3.8) is 0 Å². The van der Waals surface area contributed by atoms with Gasteiger partial charge in [0, 0.05) is 13.2 Å². The van der Waals surface area contributed by atoms with Crippen LogP contribution in [0.2, 0.25) is 0 Å². The van der Waals surface area contributed by atoms with Gasteiger partial charge in [-0.05, 0) is 30.7 Å². The van der Waals surface area contributed by atoms with Crippen molar-refractivity contribution >= 4 is 23.1 Å². The Morgan fingerprint density at radius 1 is 1.43 bits per heavy atom. The van der Waals surface area contributed by atoms with Gasteiger partial charge < -0.3 is 15.8 Å². The molecule has 0 spiro atoms. The number of hydrogen-bond acceptors (Lipinski definition) is 3. The zero-order valence-corrected chi connectivity index (χ0v) is 12.9. The molecule has 1 fully saturated rings. The van der Waals surface area contributed by atoms with Gasteiger partial charge in [-0.25, -0.2) is 0 Å². The first-order chi connectivity index (χ1) is 10.2. The highest BCUT2D eigenvalue weighted by molar-refractivity contribution is 7.80. The van der Waals surface area contributed by atoms with Gasteiger partial charge in [-0.15, -0.1) is 0 Å². The fourth-order valence-corrected chi connectivity index (χ4v) is 2.70. The van der Waals surface area contributed by atoms with E-state index in [-0.39, 0.29) is 10.9 Å². The number of thiocarbonyl (C=S) groups is 1. The minimum atomic E-state index is -0.452. The zero-order valence-electron chi connectivity index (χ0n) is 12.1. The summed E-state index contributed by atoms with van der Waals surface area (Å²) >= 11 is 5.06. The molecule has 0 aromatic heterocycles. The van der Waals surface area contributed by atoms with Crippen LogP contribution in [0.15, 0.2) is 30.3 Å². The number of carbonyl (C=O) groups excluding carboxylic acids is 1. The lowest BCUT2D eigenvalue weighted by molar-refractivity contribution is -0.123. The summed E-state index contributed by atoms with van der Waals surface area (Å²) in [4.78, 5) is 12.6. The normalized spacial score (nSPS) is 19.7. The predicted molar refractivity (Wildman–Crippen MR) is 87.0 cm³/mol. The summed E-state index contributed by atoms with van der Waals surface area (Å²) in [6, 6.07) is 9.80. The highest BCUT2D eigenvalue weighted by atomic mass is 32.1. The van der Waals surface area contributed by atoms with Crippen LogP contribution in [0, 0.1) is 11.8 Å². The van der Waals surface area contributed by atoms with Crippen LogP contribution in [0.1, 0.15) is 18.4 Å². The third-order valence-electron chi connectivity index (χ3n) is 3.76. The number of amides is 1. The van der Waals surface area contributed by atoms with E-state index in [9.17, 15) is 4.79 Å². The molecule has 4 nitrogen and oxygen atoms in total. The highest BCUT2D eigenvalue weighted by Crippen LogP contribution is 2.13. The zero-order chi connectivity index (χ0) is 15.1. The number of rotatable bonds is 6. The predicted octanol–water partition coefficient (Wildman–Crippen LogP) is 1.67. The van der Waals surface area contributed by atoms with Gasteiger partial charge in [0.2, 0.25) is 5.91 Å². The van der Waals surface area contributed by atoms with Crippen molar-refractivity contribution in [1.82, 2.24) is 5.32 Å². The summed E-state index contributed by atoms with van der Waals surface area (Å²) < 4.78 is 5.42. The molecule has 0 bridgehead atoms. The average molecular weight is 306 g/mol. The first-order valence-corrected chi connectivity index (χ1v) is 7.76. The minimum Gasteiger partial charge on any atom is -0.393 e. The maximum Gasteiger partial charge on any atom is 0.230 e. The average Bonchev–Trinajstić information content (AvgIpc) is 2.52. The Balaban J connectivity index is 1.88. The summed E-state index contributed by atoms with van der Waals surface area (Å²) in [5.41, 5.74) is 6.80. The van der Waals surface area contributed by atoms with Gasteiger partial charge in [-0.1, -0.05) is 42.5 Å². The molecule has 1 heterocycles. The monoisotopic (exact) mass is 306 g/mol. The summed E-state index contributed by atoms with van der Waals surface area (Å²) in [6.45, 7) is 2.18. The van der Waals surface area contributed by atoms with E-state index in [1.807, 2.05) is 30.3 Å². The van der Waals surface area contributed by atoms with Gasteiger partial charge >= 0.3 is 0 Å². The second kappa shape index (κ2) is 8.10. The van der Waals surface area contributed by atoms with Crippen LogP contribution in [0.5, 0.6) is 0 Å². The molecule has 3 N–H and O–H groups in total. The van der Waals surface area contributed by atoms with Crippen molar-refractivity contribution in [3.05, 3.63) is 35.9 Å². The van der Waals surface area contributed by atoms with Crippen molar-refractivity contribution in [2.75, 3.05) is 19.8 Å². The first kappa shape index (κ1) is 15.9.